The molecule has 0 saturated carbocycles. The van der Waals surface area contributed by atoms with E-state index in [4.69, 9.17) is 0 Å². The van der Waals surface area contributed by atoms with E-state index in [-0.39, 0.29) is 54.9 Å². The highest BCUT2D eigenvalue weighted by atomic mass is 127. The molecule has 30 heavy (non-hydrogen) atoms. The number of rotatable bonds is 6. The first-order valence-corrected chi connectivity index (χ1v) is 11.1. The normalized spacial score (nSPS) is 18.9. The van der Waals surface area contributed by atoms with Gasteiger partial charge in [-0.25, -0.2) is 8.42 Å². The van der Waals surface area contributed by atoms with Crippen LogP contribution in [0.25, 0.3) is 0 Å². The third-order valence-corrected chi connectivity index (χ3v) is 7.06. The Balaban J connectivity index is 0.00000450. The monoisotopic (exact) mass is 562 g/mol. The molecule has 0 amide bonds. The van der Waals surface area contributed by atoms with E-state index < -0.39 is 15.5 Å². The summed E-state index contributed by atoms with van der Waals surface area (Å²) < 4.78 is 61.5. The van der Waals surface area contributed by atoms with Gasteiger partial charge < -0.3 is 10.6 Å². The zero-order valence-electron chi connectivity index (χ0n) is 17.3. The molecule has 6 nitrogen and oxygen atoms in total. The predicted octanol–water partition coefficient (Wildman–Crippen LogP) is 3.52. The third-order valence-electron chi connectivity index (χ3n) is 5.43. The van der Waals surface area contributed by atoms with E-state index in [1.54, 1.807) is 7.05 Å². The van der Waals surface area contributed by atoms with Gasteiger partial charge in [0.25, 0.3) is 0 Å². The highest BCUT2D eigenvalue weighted by molar-refractivity contribution is 14.0. The van der Waals surface area contributed by atoms with Crippen molar-refractivity contribution in [2.24, 2.45) is 10.9 Å². The van der Waals surface area contributed by atoms with Gasteiger partial charge >= 0.3 is 15.5 Å². The summed E-state index contributed by atoms with van der Waals surface area (Å²) in [6.45, 7) is 4.46. The SMILES string of the molecule is CN=C(NCC1CCN(S(=O)(=O)C(F)(F)F)CC1)NC(C)C(C)c1ccccc1.I. The van der Waals surface area contributed by atoms with Crippen molar-refractivity contribution >= 4 is 40.0 Å². The standard InChI is InChI=1S/C19H29F3N4O2S.HI/c1-14(17-7-5-4-6-8-17)15(2)25-18(23-3)24-13-16-9-11-26(12-10-16)29(27,28)19(20,21)22;/h4-8,14-16H,9-13H2,1-3H3,(H2,23,24,25);1H. The van der Waals surface area contributed by atoms with Crippen LogP contribution in [0.4, 0.5) is 13.2 Å². The Bertz CT molecular complexity index is 783. The molecule has 172 valence electrons. The predicted molar refractivity (Wildman–Crippen MR) is 124 cm³/mol. The van der Waals surface area contributed by atoms with Crippen molar-refractivity contribution in [1.29, 1.82) is 0 Å². The van der Waals surface area contributed by atoms with Crippen LogP contribution in [0.1, 0.15) is 38.2 Å². The number of hydrogen-bond acceptors (Lipinski definition) is 3. The summed E-state index contributed by atoms with van der Waals surface area (Å²) in [5.41, 5.74) is -4.03. The fourth-order valence-corrected chi connectivity index (χ4v) is 4.31. The number of sulfonamides is 1. The van der Waals surface area contributed by atoms with E-state index in [9.17, 15) is 21.6 Å². The van der Waals surface area contributed by atoms with Crippen molar-refractivity contribution in [3.63, 3.8) is 0 Å². The number of hydrogen-bond donors (Lipinski definition) is 2. The summed E-state index contributed by atoms with van der Waals surface area (Å²) in [5.74, 6) is 0.950. The van der Waals surface area contributed by atoms with Crippen LogP contribution in [0, 0.1) is 5.92 Å². The Hall–Kier alpha value is -1.08. The highest BCUT2D eigenvalue weighted by Gasteiger charge is 2.50. The number of aliphatic imine (C=N–C) groups is 1. The molecular formula is C19H30F3IN4O2S. The maximum atomic E-state index is 12.7. The summed E-state index contributed by atoms with van der Waals surface area (Å²) in [6.07, 6.45) is 0.741. The van der Waals surface area contributed by atoms with E-state index in [1.807, 2.05) is 18.2 Å². The van der Waals surface area contributed by atoms with Gasteiger partial charge in [0.1, 0.15) is 0 Å². The fraction of sp³-hybridized carbons (Fsp3) is 0.632. The van der Waals surface area contributed by atoms with Crippen molar-refractivity contribution in [1.82, 2.24) is 14.9 Å². The lowest BCUT2D eigenvalue weighted by Gasteiger charge is -2.32. The summed E-state index contributed by atoms with van der Waals surface area (Å²) >= 11 is 0. The number of benzene rings is 1. The van der Waals surface area contributed by atoms with Crippen molar-refractivity contribution in [3.8, 4) is 0 Å². The van der Waals surface area contributed by atoms with Gasteiger partial charge in [0.2, 0.25) is 0 Å². The Kier molecular flexibility index (Phi) is 10.3. The summed E-state index contributed by atoms with van der Waals surface area (Å²) in [7, 11) is -3.57. The van der Waals surface area contributed by atoms with E-state index in [0.717, 1.165) is 0 Å². The Morgan fingerprint density at radius 2 is 1.77 bits per heavy atom. The third kappa shape index (κ3) is 6.98. The van der Waals surface area contributed by atoms with Crippen LogP contribution in [0.2, 0.25) is 0 Å². The molecule has 2 atom stereocenters. The maximum Gasteiger partial charge on any atom is 0.511 e. The quantitative estimate of drug-likeness (QED) is 0.316. The van der Waals surface area contributed by atoms with Gasteiger partial charge in [0, 0.05) is 38.6 Å². The van der Waals surface area contributed by atoms with Crippen molar-refractivity contribution in [2.75, 3.05) is 26.7 Å². The molecule has 0 radical (unpaired) electrons. The molecule has 1 aromatic rings. The number of guanidine groups is 1. The number of nitrogens with zero attached hydrogens (tertiary/aromatic N) is 2. The lowest BCUT2D eigenvalue weighted by atomic mass is 9.94. The molecule has 1 fully saturated rings. The lowest BCUT2D eigenvalue weighted by Crippen LogP contribution is -2.48. The number of alkyl halides is 3. The molecule has 1 heterocycles. The van der Waals surface area contributed by atoms with Gasteiger partial charge in [0.15, 0.2) is 5.96 Å². The second-order valence-electron chi connectivity index (χ2n) is 7.38. The van der Waals surface area contributed by atoms with Crippen LogP contribution in [-0.4, -0.2) is 56.9 Å². The number of nitrogens with one attached hydrogen (secondary N) is 2. The molecule has 1 saturated heterocycles. The minimum Gasteiger partial charge on any atom is -0.356 e. The molecule has 1 aromatic carbocycles. The van der Waals surface area contributed by atoms with Crippen LogP contribution in [0.5, 0.6) is 0 Å². The zero-order chi connectivity index (χ0) is 21.7. The van der Waals surface area contributed by atoms with Crippen molar-refractivity contribution < 1.29 is 21.6 Å². The van der Waals surface area contributed by atoms with E-state index >= 15 is 0 Å². The zero-order valence-corrected chi connectivity index (χ0v) is 20.5. The van der Waals surface area contributed by atoms with Crippen molar-refractivity contribution in [3.05, 3.63) is 35.9 Å². The van der Waals surface area contributed by atoms with Gasteiger partial charge in [0.05, 0.1) is 0 Å². The summed E-state index contributed by atoms with van der Waals surface area (Å²) in [6, 6.07) is 10.2. The smallest absolute Gasteiger partial charge is 0.356 e. The van der Waals surface area contributed by atoms with E-state index in [1.165, 1.54) is 5.56 Å². The summed E-state index contributed by atoms with van der Waals surface area (Å²) in [5, 5.41) is 6.55. The van der Waals surface area contributed by atoms with Crippen LogP contribution < -0.4 is 10.6 Å². The molecule has 2 rings (SSSR count). The number of halogens is 4. The second-order valence-corrected chi connectivity index (χ2v) is 9.31. The molecule has 0 aromatic heterocycles. The molecular weight excluding hydrogens is 532 g/mol. The van der Waals surface area contributed by atoms with Gasteiger partial charge in [-0.2, -0.15) is 17.5 Å². The molecule has 0 bridgehead atoms. The van der Waals surface area contributed by atoms with Gasteiger partial charge in [-0.15, -0.1) is 24.0 Å². The average molecular weight is 562 g/mol. The lowest BCUT2D eigenvalue weighted by molar-refractivity contribution is -0.0496. The highest BCUT2D eigenvalue weighted by Crippen LogP contribution is 2.30. The van der Waals surface area contributed by atoms with Gasteiger partial charge in [-0.05, 0) is 31.2 Å². The molecule has 0 aliphatic carbocycles. The Labute approximate surface area is 193 Å². The van der Waals surface area contributed by atoms with E-state index in [2.05, 4.69) is 41.6 Å². The Morgan fingerprint density at radius 1 is 1.20 bits per heavy atom. The molecule has 1 aliphatic rings. The fourth-order valence-electron chi connectivity index (χ4n) is 3.32. The summed E-state index contributed by atoms with van der Waals surface area (Å²) in [4.78, 5) is 4.21. The first kappa shape index (κ1) is 27.0. The topological polar surface area (TPSA) is 73.8 Å². The molecule has 2 N–H and O–H groups in total. The molecule has 1 aliphatic heterocycles. The molecule has 11 heteroatoms. The minimum atomic E-state index is -5.24. The number of piperidine rings is 1. The van der Waals surface area contributed by atoms with E-state index in [0.29, 0.717) is 29.7 Å². The van der Waals surface area contributed by atoms with Gasteiger partial charge in [-0.3, -0.25) is 4.99 Å². The second kappa shape index (κ2) is 11.5. The van der Waals surface area contributed by atoms with Gasteiger partial charge in [-0.1, -0.05) is 37.3 Å². The van der Waals surface area contributed by atoms with Crippen LogP contribution in [0.3, 0.4) is 0 Å². The minimum absolute atomic E-state index is 0. The average Bonchev–Trinajstić information content (AvgIpc) is 2.70. The molecule has 0 spiro atoms. The Morgan fingerprint density at radius 3 is 2.27 bits per heavy atom. The first-order chi connectivity index (χ1) is 13.6. The van der Waals surface area contributed by atoms with Crippen LogP contribution in [0.15, 0.2) is 35.3 Å². The largest absolute Gasteiger partial charge is 0.511 e. The van der Waals surface area contributed by atoms with Crippen molar-refractivity contribution in [2.45, 2.75) is 44.2 Å². The van der Waals surface area contributed by atoms with Crippen LogP contribution in [-0.2, 0) is 10.0 Å². The first-order valence-electron chi connectivity index (χ1n) is 9.64. The van der Waals surface area contributed by atoms with Crippen LogP contribution >= 0.6 is 24.0 Å². The molecule has 2 unspecified atom stereocenters. The maximum absolute atomic E-state index is 12.7.